The molecule has 0 aliphatic carbocycles. The molecule has 0 radical (unpaired) electrons. The van der Waals surface area contributed by atoms with E-state index in [2.05, 4.69) is 4.90 Å². The topological polar surface area (TPSA) is 23.6 Å². The molecule has 0 aliphatic heterocycles. The lowest BCUT2D eigenvalue weighted by Gasteiger charge is -2.12. The second-order valence-corrected chi connectivity index (χ2v) is 2.74. The summed E-state index contributed by atoms with van der Waals surface area (Å²) in [6, 6.07) is 0. The fourth-order valence-corrected chi connectivity index (χ4v) is 0.689. The second-order valence-electron chi connectivity index (χ2n) is 2.74. The standard InChI is InChI=1S/C7H16N2O/c1-8(2)5-4-6-9(3)7-10/h7H,4-6H2,1-3H3. The number of hydrogen-bond donors (Lipinski definition) is 0. The highest BCUT2D eigenvalue weighted by Crippen LogP contribution is 1.85. The molecule has 0 saturated carbocycles. The third kappa shape index (κ3) is 5.56. The van der Waals surface area contributed by atoms with Crippen LogP contribution in [0.1, 0.15) is 6.42 Å². The van der Waals surface area contributed by atoms with Crippen molar-refractivity contribution < 1.29 is 4.79 Å². The van der Waals surface area contributed by atoms with Crippen LogP contribution >= 0.6 is 0 Å². The van der Waals surface area contributed by atoms with Crippen molar-refractivity contribution in [2.75, 3.05) is 34.2 Å². The summed E-state index contributed by atoms with van der Waals surface area (Å²) in [7, 11) is 5.85. The fraction of sp³-hybridized carbons (Fsp3) is 0.857. The Labute approximate surface area is 62.6 Å². The largest absolute Gasteiger partial charge is 0.348 e. The summed E-state index contributed by atoms with van der Waals surface area (Å²) in [6.45, 7) is 1.89. The Kier molecular flexibility index (Phi) is 4.94. The summed E-state index contributed by atoms with van der Waals surface area (Å²) in [5, 5.41) is 0. The van der Waals surface area contributed by atoms with Gasteiger partial charge in [0.1, 0.15) is 0 Å². The van der Waals surface area contributed by atoms with Crippen molar-refractivity contribution >= 4 is 6.41 Å². The van der Waals surface area contributed by atoms with Crippen LogP contribution in [0.25, 0.3) is 0 Å². The Hall–Kier alpha value is -0.570. The Morgan fingerprint density at radius 1 is 1.20 bits per heavy atom. The molecule has 0 rings (SSSR count). The average Bonchev–Trinajstić information content (AvgIpc) is 1.87. The van der Waals surface area contributed by atoms with E-state index in [1.165, 1.54) is 0 Å². The van der Waals surface area contributed by atoms with E-state index in [1.807, 2.05) is 14.1 Å². The fourth-order valence-electron chi connectivity index (χ4n) is 0.689. The van der Waals surface area contributed by atoms with Gasteiger partial charge in [0.05, 0.1) is 0 Å². The molecule has 0 N–H and O–H groups in total. The molecule has 0 spiro atoms. The highest BCUT2D eigenvalue weighted by Gasteiger charge is 1.93. The van der Waals surface area contributed by atoms with Crippen molar-refractivity contribution in [1.29, 1.82) is 0 Å². The number of nitrogens with zero attached hydrogens (tertiary/aromatic N) is 2. The first-order chi connectivity index (χ1) is 4.66. The van der Waals surface area contributed by atoms with Crippen LogP contribution in [0.15, 0.2) is 0 Å². The Morgan fingerprint density at radius 3 is 2.20 bits per heavy atom. The summed E-state index contributed by atoms with van der Waals surface area (Å²) in [6.07, 6.45) is 1.90. The van der Waals surface area contributed by atoms with Crippen molar-refractivity contribution in [1.82, 2.24) is 9.80 Å². The quantitative estimate of drug-likeness (QED) is 0.508. The molecule has 0 aromatic rings. The predicted octanol–water partition coefficient (Wildman–Crippen LogP) is 0.0263. The van der Waals surface area contributed by atoms with Crippen LogP contribution in [-0.2, 0) is 4.79 Å². The van der Waals surface area contributed by atoms with E-state index < -0.39 is 0 Å². The monoisotopic (exact) mass is 144 g/mol. The van der Waals surface area contributed by atoms with Crippen LogP contribution in [0, 0.1) is 0 Å². The molecule has 0 fully saturated rings. The van der Waals surface area contributed by atoms with Gasteiger partial charge in [-0.05, 0) is 27.1 Å². The van der Waals surface area contributed by atoms with E-state index in [1.54, 1.807) is 11.9 Å². The van der Waals surface area contributed by atoms with Crippen LogP contribution in [0.2, 0.25) is 0 Å². The zero-order chi connectivity index (χ0) is 7.98. The van der Waals surface area contributed by atoms with E-state index in [9.17, 15) is 4.79 Å². The minimum absolute atomic E-state index is 0.849. The van der Waals surface area contributed by atoms with Crippen LogP contribution < -0.4 is 0 Å². The molecular formula is C7H16N2O. The van der Waals surface area contributed by atoms with E-state index in [4.69, 9.17) is 0 Å². The van der Waals surface area contributed by atoms with Crippen molar-refractivity contribution in [3.63, 3.8) is 0 Å². The van der Waals surface area contributed by atoms with Gasteiger partial charge in [0.25, 0.3) is 0 Å². The highest BCUT2D eigenvalue weighted by atomic mass is 16.1. The lowest BCUT2D eigenvalue weighted by molar-refractivity contribution is -0.117. The summed E-state index contributed by atoms with van der Waals surface area (Å²) in [4.78, 5) is 13.9. The van der Waals surface area contributed by atoms with Crippen LogP contribution in [-0.4, -0.2) is 50.4 Å². The summed E-state index contributed by atoms with van der Waals surface area (Å²) in [5.74, 6) is 0. The molecule has 60 valence electrons. The maximum Gasteiger partial charge on any atom is 0.209 e. The van der Waals surface area contributed by atoms with Crippen LogP contribution in [0.3, 0.4) is 0 Å². The molecule has 0 aliphatic rings. The van der Waals surface area contributed by atoms with E-state index in [0.29, 0.717) is 0 Å². The summed E-state index contributed by atoms with van der Waals surface area (Å²) < 4.78 is 0. The van der Waals surface area contributed by atoms with Gasteiger partial charge in [-0.1, -0.05) is 0 Å². The van der Waals surface area contributed by atoms with E-state index in [-0.39, 0.29) is 0 Å². The first-order valence-electron chi connectivity index (χ1n) is 3.47. The van der Waals surface area contributed by atoms with Crippen LogP contribution in [0.5, 0.6) is 0 Å². The number of hydrogen-bond acceptors (Lipinski definition) is 2. The molecule has 3 heteroatoms. The van der Waals surface area contributed by atoms with Gasteiger partial charge in [-0.3, -0.25) is 4.79 Å². The molecule has 0 heterocycles. The van der Waals surface area contributed by atoms with Crippen molar-refractivity contribution in [3.05, 3.63) is 0 Å². The smallest absolute Gasteiger partial charge is 0.209 e. The molecule has 1 amide bonds. The lowest BCUT2D eigenvalue weighted by atomic mass is 10.4. The minimum Gasteiger partial charge on any atom is -0.348 e. The van der Waals surface area contributed by atoms with E-state index in [0.717, 1.165) is 25.9 Å². The van der Waals surface area contributed by atoms with Crippen molar-refractivity contribution in [2.45, 2.75) is 6.42 Å². The lowest BCUT2D eigenvalue weighted by Crippen LogP contribution is -2.22. The van der Waals surface area contributed by atoms with Crippen molar-refractivity contribution in [2.24, 2.45) is 0 Å². The summed E-state index contributed by atoms with van der Waals surface area (Å²) in [5.41, 5.74) is 0. The van der Waals surface area contributed by atoms with Gasteiger partial charge >= 0.3 is 0 Å². The normalized spacial score (nSPS) is 10.0. The van der Waals surface area contributed by atoms with Gasteiger partial charge < -0.3 is 9.80 Å². The molecule has 3 nitrogen and oxygen atoms in total. The Bertz CT molecular complexity index is 93.6. The van der Waals surface area contributed by atoms with Gasteiger partial charge in [-0.15, -0.1) is 0 Å². The predicted molar refractivity (Wildman–Crippen MR) is 41.9 cm³/mol. The number of amides is 1. The molecule has 0 aromatic carbocycles. The molecular weight excluding hydrogens is 128 g/mol. The van der Waals surface area contributed by atoms with Gasteiger partial charge in [0.15, 0.2) is 0 Å². The van der Waals surface area contributed by atoms with Gasteiger partial charge in [0.2, 0.25) is 6.41 Å². The summed E-state index contributed by atoms with van der Waals surface area (Å²) >= 11 is 0. The second kappa shape index (κ2) is 5.23. The maximum atomic E-state index is 10.1. The Morgan fingerprint density at radius 2 is 1.80 bits per heavy atom. The molecule has 0 unspecified atom stereocenters. The van der Waals surface area contributed by atoms with Gasteiger partial charge in [-0.25, -0.2) is 0 Å². The minimum atomic E-state index is 0.849. The molecule has 0 aromatic heterocycles. The zero-order valence-corrected chi connectivity index (χ0v) is 7.00. The third-order valence-corrected chi connectivity index (χ3v) is 1.30. The van der Waals surface area contributed by atoms with Crippen LogP contribution in [0.4, 0.5) is 0 Å². The maximum absolute atomic E-state index is 10.1. The number of carbonyl (C=O) groups is 1. The first kappa shape index (κ1) is 9.43. The molecule has 10 heavy (non-hydrogen) atoms. The highest BCUT2D eigenvalue weighted by molar-refractivity contribution is 5.46. The third-order valence-electron chi connectivity index (χ3n) is 1.30. The van der Waals surface area contributed by atoms with Crippen molar-refractivity contribution in [3.8, 4) is 0 Å². The first-order valence-corrected chi connectivity index (χ1v) is 3.47. The molecule has 0 bridgehead atoms. The van der Waals surface area contributed by atoms with Gasteiger partial charge in [-0.2, -0.15) is 0 Å². The Balaban J connectivity index is 3.11. The van der Waals surface area contributed by atoms with Gasteiger partial charge in [0, 0.05) is 13.6 Å². The number of rotatable bonds is 5. The number of carbonyl (C=O) groups excluding carboxylic acids is 1. The average molecular weight is 144 g/mol. The zero-order valence-electron chi connectivity index (χ0n) is 7.00. The molecule has 0 saturated heterocycles. The SMILES string of the molecule is CN(C)CCCN(C)C=O. The van der Waals surface area contributed by atoms with E-state index >= 15 is 0 Å². The molecule has 0 atom stereocenters.